The second kappa shape index (κ2) is 8.68. The smallest absolute Gasteiger partial charge is 0.367 e. The van der Waals surface area contributed by atoms with Crippen LogP contribution in [0.15, 0.2) is 46.2 Å². The molecule has 0 N–H and O–H groups in total. The highest BCUT2D eigenvalue weighted by molar-refractivity contribution is 7.91. The molecule has 6 nitrogen and oxygen atoms in total. The Hall–Kier alpha value is -2.30. The van der Waals surface area contributed by atoms with Crippen molar-refractivity contribution in [2.24, 2.45) is 0 Å². The van der Waals surface area contributed by atoms with Gasteiger partial charge in [-0.25, -0.2) is 8.42 Å². The molecule has 2 aromatic carbocycles. The van der Waals surface area contributed by atoms with Gasteiger partial charge in [0.2, 0.25) is 9.84 Å². The number of halogens is 5. The summed E-state index contributed by atoms with van der Waals surface area (Å²) in [6.45, 7) is -0.463. The molecule has 0 unspecified atom stereocenters. The number of rotatable bonds is 4. The number of carbonyl (C=O) groups excluding carboxylic acids is 2. The second-order valence-corrected chi connectivity index (χ2v) is 9.39. The van der Waals surface area contributed by atoms with Crippen LogP contribution in [0.4, 0.5) is 18.9 Å². The van der Waals surface area contributed by atoms with Gasteiger partial charge < -0.3 is 9.80 Å². The molecule has 0 aliphatic carbocycles. The fourth-order valence-corrected chi connectivity index (χ4v) is 5.52. The van der Waals surface area contributed by atoms with Crippen LogP contribution in [0.2, 0.25) is 10.0 Å². The summed E-state index contributed by atoms with van der Waals surface area (Å²) in [5.41, 5.74) is 0.0874. The van der Waals surface area contributed by atoms with Gasteiger partial charge in [0.25, 0.3) is 0 Å². The van der Waals surface area contributed by atoms with Crippen LogP contribution in [0.3, 0.4) is 0 Å². The van der Waals surface area contributed by atoms with E-state index in [0.29, 0.717) is 11.2 Å². The fraction of sp³-hybridized carbons (Fsp3) is 0.263. The van der Waals surface area contributed by atoms with E-state index in [1.54, 1.807) is 4.90 Å². The molecule has 2 aromatic rings. The average molecular weight is 495 g/mol. The van der Waals surface area contributed by atoms with Crippen molar-refractivity contribution >= 4 is 50.9 Å². The van der Waals surface area contributed by atoms with Gasteiger partial charge >= 0.3 is 12.1 Å². The number of sulfone groups is 1. The molecule has 12 heteroatoms. The van der Waals surface area contributed by atoms with E-state index in [1.165, 1.54) is 36.4 Å². The zero-order valence-electron chi connectivity index (χ0n) is 15.7. The maximum absolute atomic E-state index is 13.1. The van der Waals surface area contributed by atoms with Gasteiger partial charge in [-0.2, -0.15) is 13.2 Å². The van der Waals surface area contributed by atoms with Crippen LogP contribution in [-0.2, 0) is 14.6 Å². The van der Waals surface area contributed by atoms with Crippen LogP contribution in [0, 0.1) is 0 Å². The van der Waals surface area contributed by atoms with Crippen LogP contribution in [-0.4, -0.2) is 57.9 Å². The normalized spacial score (nSPS) is 15.1. The zero-order chi connectivity index (χ0) is 23.0. The lowest BCUT2D eigenvalue weighted by molar-refractivity contribution is -0.185. The van der Waals surface area contributed by atoms with Crippen LogP contribution < -0.4 is 4.90 Å². The first kappa shape index (κ1) is 23.4. The number of benzene rings is 2. The van der Waals surface area contributed by atoms with Gasteiger partial charge in [0.1, 0.15) is 0 Å². The molecular formula is C19H15Cl2F3N2O4S. The van der Waals surface area contributed by atoms with E-state index in [2.05, 4.69) is 0 Å². The molecule has 1 heterocycles. The van der Waals surface area contributed by atoms with Gasteiger partial charge in [-0.3, -0.25) is 9.59 Å². The number of alkyl halides is 3. The molecule has 31 heavy (non-hydrogen) atoms. The maximum Gasteiger partial charge on any atom is 0.471 e. The first-order chi connectivity index (χ1) is 14.5. The third kappa shape index (κ3) is 4.65. The topological polar surface area (TPSA) is 74.8 Å². The molecule has 0 saturated carbocycles. The van der Waals surface area contributed by atoms with Gasteiger partial charge in [-0.05, 0) is 30.3 Å². The standard InChI is InChI=1S/C19H15Cl2F3N2O4S/c20-12-4-5-17(14(21)10-12)31(29,30)16-3-1-2-15(13(16)11-27)25-6-8-26(9-7-25)18(28)19(22,23)24/h1-5,10-11H,6-9H2. The summed E-state index contributed by atoms with van der Waals surface area (Å²) in [5, 5.41) is 0.119. The average Bonchev–Trinajstić information content (AvgIpc) is 2.71. The third-order valence-electron chi connectivity index (χ3n) is 4.78. The number of anilines is 1. The number of hydrogen-bond acceptors (Lipinski definition) is 5. The first-order valence-corrected chi connectivity index (χ1v) is 11.1. The highest BCUT2D eigenvalue weighted by Gasteiger charge is 2.43. The van der Waals surface area contributed by atoms with E-state index < -0.39 is 21.9 Å². The molecule has 1 amide bonds. The Kier molecular flexibility index (Phi) is 6.54. The lowest BCUT2D eigenvalue weighted by Gasteiger charge is -2.37. The van der Waals surface area contributed by atoms with Crippen LogP contribution in [0.5, 0.6) is 0 Å². The highest BCUT2D eigenvalue weighted by Crippen LogP contribution is 2.34. The van der Waals surface area contributed by atoms with Crippen molar-refractivity contribution in [3.05, 3.63) is 52.0 Å². The van der Waals surface area contributed by atoms with Crippen molar-refractivity contribution in [3.8, 4) is 0 Å². The van der Waals surface area contributed by atoms with E-state index in [-0.39, 0.29) is 57.3 Å². The van der Waals surface area contributed by atoms with Gasteiger partial charge in [0, 0.05) is 36.9 Å². The van der Waals surface area contributed by atoms with Crippen molar-refractivity contribution in [1.82, 2.24) is 4.90 Å². The van der Waals surface area contributed by atoms with Crippen molar-refractivity contribution in [2.45, 2.75) is 16.0 Å². The van der Waals surface area contributed by atoms with Gasteiger partial charge in [0.15, 0.2) is 6.29 Å². The molecule has 0 spiro atoms. The number of carbonyl (C=O) groups is 2. The van der Waals surface area contributed by atoms with Crippen LogP contribution in [0.25, 0.3) is 0 Å². The number of nitrogens with zero attached hydrogens (tertiary/aromatic N) is 2. The fourth-order valence-electron chi connectivity index (χ4n) is 3.30. The summed E-state index contributed by atoms with van der Waals surface area (Å²) < 4.78 is 64.2. The van der Waals surface area contributed by atoms with Crippen molar-refractivity contribution in [3.63, 3.8) is 0 Å². The lowest BCUT2D eigenvalue weighted by atomic mass is 10.1. The largest absolute Gasteiger partial charge is 0.471 e. The summed E-state index contributed by atoms with van der Waals surface area (Å²) in [4.78, 5) is 25.0. The Morgan fingerprint density at radius 2 is 1.65 bits per heavy atom. The van der Waals surface area contributed by atoms with E-state index in [0.717, 1.165) is 0 Å². The molecule has 0 atom stereocenters. The van der Waals surface area contributed by atoms with Crippen molar-refractivity contribution < 1.29 is 31.2 Å². The summed E-state index contributed by atoms with van der Waals surface area (Å²) in [7, 11) is -4.20. The molecule has 1 fully saturated rings. The summed E-state index contributed by atoms with van der Waals surface area (Å²) in [5.74, 6) is -1.93. The van der Waals surface area contributed by atoms with E-state index in [4.69, 9.17) is 23.2 Å². The summed E-state index contributed by atoms with van der Waals surface area (Å²) in [6.07, 6.45) is -4.60. The van der Waals surface area contributed by atoms with Gasteiger partial charge in [0.05, 0.1) is 20.4 Å². The maximum atomic E-state index is 13.1. The Balaban J connectivity index is 1.95. The van der Waals surface area contributed by atoms with E-state index >= 15 is 0 Å². The molecule has 1 saturated heterocycles. The van der Waals surface area contributed by atoms with Crippen molar-refractivity contribution in [1.29, 1.82) is 0 Å². The second-order valence-electron chi connectivity index (χ2n) is 6.66. The lowest BCUT2D eigenvalue weighted by Crippen LogP contribution is -2.52. The van der Waals surface area contributed by atoms with E-state index in [9.17, 15) is 31.2 Å². The third-order valence-corrected chi connectivity index (χ3v) is 7.31. The molecular weight excluding hydrogens is 480 g/mol. The Bertz CT molecular complexity index is 1130. The quantitative estimate of drug-likeness (QED) is 0.603. The monoisotopic (exact) mass is 494 g/mol. The summed E-state index contributed by atoms with van der Waals surface area (Å²) >= 11 is 11.9. The first-order valence-electron chi connectivity index (χ1n) is 8.86. The number of hydrogen-bond donors (Lipinski definition) is 0. The SMILES string of the molecule is O=Cc1c(N2CCN(C(=O)C(F)(F)F)CC2)cccc1S(=O)(=O)c1ccc(Cl)cc1Cl. The van der Waals surface area contributed by atoms with Gasteiger partial charge in [-0.1, -0.05) is 29.3 Å². The molecule has 166 valence electrons. The minimum absolute atomic E-state index is 0.00609. The molecule has 0 radical (unpaired) electrons. The molecule has 1 aliphatic rings. The predicted molar refractivity (Wildman–Crippen MR) is 109 cm³/mol. The molecule has 0 bridgehead atoms. The summed E-state index contributed by atoms with van der Waals surface area (Å²) in [6, 6.07) is 8.00. The number of amides is 1. The van der Waals surface area contributed by atoms with Crippen LogP contribution >= 0.6 is 23.2 Å². The molecule has 0 aromatic heterocycles. The minimum Gasteiger partial charge on any atom is -0.367 e. The predicted octanol–water partition coefficient (Wildman–Crippen LogP) is 3.85. The van der Waals surface area contributed by atoms with Gasteiger partial charge in [-0.15, -0.1) is 0 Å². The van der Waals surface area contributed by atoms with E-state index in [1.807, 2.05) is 0 Å². The number of aldehydes is 1. The Morgan fingerprint density at radius 1 is 1.00 bits per heavy atom. The highest BCUT2D eigenvalue weighted by atomic mass is 35.5. The molecule has 3 rings (SSSR count). The zero-order valence-corrected chi connectivity index (χ0v) is 18.0. The Morgan fingerprint density at radius 3 is 2.19 bits per heavy atom. The van der Waals surface area contributed by atoms with Crippen molar-refractivity contribution in [2.75, 3.05) is 31.1 Å². The Labute approximate surface area is 186 Å². The minimum atomic E-state index is -4.97. The number of piperazine rings is 1. The molecule has 1 aliphatic heterocycles. The van der Waals surface area contributed by atoms with Crippen LogP contribution in [0.1, 0.15) is 10.4 Å².